The standard InChI is InChI=1S/C32H27NOS/c1-20(34)29-18-19-30(35-29)24-16-17-28-31-25(9-7-10-26(24)31)23-8-5-6-11-27(23)33(28)22-14-12-21(13-15-22)32(2,3)4/h5-19H,1-4H3. The van der Waals surface area contributed by atoms with Crippen LogP contribution in [-0.4, -0.2) is 5.78 Å². The largest absolute Gasteiger partial charge is 0.309 e. The molecule has 0 fully saturated rings. The number of ketones is 1. The lowest BCUT2D eigenvalue weighted by molar-refractivity contribution is 0.102. The van der Waals surface area contributed by atoms with Gasteiger partial charge in [0, 0.05) is 21.5 Å². The van der Waals surface area contributed by atoms with Gasteiger partial charge >= 0.3 is 0 Å². The molecule has 0 N–H and O–H groups in total. The summed E-state index contributed by atoms with van der Waals surface area (Å²) in [6, 6.07) is 32.7. The highest BCUT2D eigenvalue weighted by Gasteiger charge is 2.27. The first-order valence-electron chi connectivity index (χ1n) is 12.0. The van der Waals surface area contributed by atoms with Crippen molar-refractivity contribution in [3.8, 4) is 21.6 Å². The molecule has 4 aromatic carbocycles. The van der Waals surface area contributed by atoms with E-state index >= 15 is 0 Å². The molecule has 0 amide bonds. The van der Waals surface area contributed by atoms with Crippen LogP contribution >= 0.6 is 11.3 Å². The van der Waals surface area contributed by atoms with Gasteiger partial charge < -0.3 is 4.90 Å². The molecule has 0 atom stereocenters. The number of thiophene rings is 1. The Morgan fingerprint density at radius 2 is 1.46 bits per heavy atom. The molecule has 0 spiro atoms. The highest BCUT2D eigenvalue weighted by molar-refractivity contribution is 7.17. The number of anilines is 3. The van der Waals surface area contributed by atoms with Crippen LogP contribution in [-0.2, 0) is 5.41 Å². The molecule has 0 unspecified atom stereocenters. The van der Waals surface area contributed by atoms with Gasteiger partial charge in [-0.3, -0.25) is 4.79 Å². The fourth-order valence-electron chi connectivity index (χ4n) is 5.10. The summed E-state index contributed by atoms with van der Waals surface area (Å²) in [4.78, 5) is 16.3. The number of hydrogen-bond acceptors (Lipinski definition) is 3. The van der Waals surface area contributed by atoms with Crippen LogP contribution in [0.15, 0.2) is 91.0 Å². The molecule has 0 saturated heterocycles. The Balaban J connectivity index is 1.61. The maximum absolute atomic E-state index is 11.9. The van der Waals surface area contributed by atoms with Gasteiger partial charge in [0.25, 0.3) is 0 Å². The molecular weight excluding hydrogens is 446 g/mol. The van der Waals surface area contributed by atoms with Gasteiger partial charge in [-0.15, -0.1) is 11.3 Å². The van der Waals surface area contributed by atoms with Crippen molar-refractivity contribution < 1.29 is 4.79 Å². The van der Waals surface area contributed by atoms with E-state index < -0.39 is 0 Å². The number of carbonyl (C=O) groups excluding carboxylic acids is 1. The lowest BCUT2D eigenvalue weighted by atomic mass is 9.86. The summed E-state index contributed by atoms with van der Waals surface area (Å²) < 4.78 is 0. The summed E-state index contributed by atoms with van der Waals surface area (Å²) in [7, 11) is 0. The first-order valence-corrected chi connectivity index (χ1v) is 12.8. The predicted molar refractivity (Wildman–Crippen MR) is 150 cm³/mol. The average molecular weight is 474 g/mol. The second kappa shape index (κ2) is 7.93. The van der Waals surface area contributed by atoms with Crippen LogP contribution in [0.3, 0.4) is 0 Å². The number of carbonyl (C=O) groups is 1. The van der Waals surface area contributed by atoms with Crippen molar-refractivity contribution >= 4 is 45.0 Å². The van der Waals surface area contributed by atoms with Crippen LogP contribution in [0.5, 0.6) is 0 Å². The number of fused-ring (bicyclic) bond motifs is 2. The molecule has 1 aromatic heterocycles. The first-order chi connectivity index (χ1) is 16.8. The van der Waals surface area contributed by atoms with E-state index in [1.807, 2.05) is 6.07 Å². The van der Waals surface area contributed by atoms with Gasteiger partial charge in [0.1, 0.15) is 0 Å². The van der Waals surface area contributed by atoms with Crippen LogP contribution < -0.4 is 4.90 Å². The molecule has 6 rings (SSSR count). The van der Waals surface area contributed by atoms with E-state index in [1.54, 1.807) is 18.3 Å². The maximum atomic E-state index is 11.9. The predicted octanol–water partition coefficient (Wildman–Crippen LogP) is 9.52. The Morgan fingerprint density at radius 3 is 2.17 bits per heavy atom. The lowest BCUT2D eigenvalue weighted by Gasteiger charge is -2.34. The minimum absolute atomic E-state index is 0.110. The molecule has 1 aliphatic heterocycles. The highest BCUT2D eigenvalue weighted by atomic mass is 32.1. The Kier molecular flexibility index (Phi) is 4.94. The van der Waals surface area contributed by atoms with Crippen molar-refractivity contribution in [1.82, 2.24) is 0 Å². The highest BCUT2D eigenvalue weighted by Crippen LogP contribution is 2.52. The molecular formula is C32H27NOS. The molecule has 172 valence electrons. The van der Waals surface area contributed by atoms with Crippen LogP contribution in [0.25, 0.3) is 32.3 Å². The molecule has 2 nitrogen and oxygen atoms in total. The summed E-state index contributed by atoms with van der Waals surface area (Å²) in [5, 5.41) is 2.46. The van der Waals surface area contributed by atoms with Crippen LogP contribution in [0.4, 0.5) is 17.1 Å². The van der Waals surface area contributed by atoms with Crippen molar-refractivity contribution in [2.24, 2.45) is 0 Å². The SMILES string of the molecule is CC(=O)c1ccc(-c2ccc3c4c(cccc24)-c2ccccc2N3c2ccc(C(C)(C)C)cc2)s1. The number of para-hydroxylation sites is 1. The van der Waals surface area contributed by atoms with E-state index in [2.05, 4.69) is 111 Å². The third-order valence-electron chi connectivity index (χ3n) is 6.90. The van der Waals surface area contributed by atoms with Crippen molar-refractivity contribution in [3.05, 3.63) is 101 Å². The van der Waals surface area contributed by atoms with Gasteiger partial charge in [0.2, 0.25) is 0 Å². The summed E-state index contributed by atoms with van der Waals surface area (Å²) in [6.45, 7) is 8.38. The zero-order valence-electron chi connectivity index (χ0n) is 20.4. The van der Waals surface area contributed by atoms with Gasteiger partial charge in [-0.05, 0) is 70.8 Å². The van der Waals surface area contributed by atoms with E-state index in [9.17, 15) is 4.79 Å². The van der Waals surface area contributed by atoms with Gasteiger partial charge in [0.05, 0.1) is 16.3 Å². The minimum atomic E-state index is 0.110. The third-order valence-corrected chi connectivity index (χ3v) is 8.12. The topological polar surface area (TPSA) is 20.3 Å². The molecule has 0 saturated carbocycles. The minimum Gasteiger partial charge on any atom is -0.309 e. The van der Waals surface area contributed by atoms with Gasteiger partial charge in [0.15, 0.2) is 5.78 Å². The number of Topliss-reactive ketones (excluding diaryl/α,β-unsaturated/α-hetero) is 1. The quantitative estimate of drug-likeness (QED) is 0.239. The Hall–Kier alpha value is -3.69. The molecule has 5 aromatic rings. The number of rotatable bonds is 3. The van der Waals surface area contributed by atoms with E-state index in [4.69, 9.17) is 0 Å². The van der Waals surface area contributed by atoms with Gasteiger partial charge in [-0.25, -0.2) is 0 Å². The van der Waals surface area contributed by atoms with Crippen molar-refractivity contribution in [1.29, 1.82) is 0 Å². The third kappa shape index (κ3) is 3.50. The van der Waals surface area contributed by atoms with E-state index in [-0.39, 0.29) is 11.2 Å². The number of benzene rings is 4. The normalized spacial score (nSPS) is 12.6. The van der Waals surface area contributed by atoms with E-state index in [0.29, 0.717) is 0 Å². The number of nitrogens with zero attached hydrogens (tertiary/aromatic N) is 1. The number of hydrogen-bond donors (Lipinski definition) is 0. The molecule has 0 aliphatic carbocycles. The van der Waals surface area contributed by atoms with Crippen molar-refractivity contribution in [2.45, 2.75) is 33.1 Å². The fraction of sp³-hybridized carbons (Fsp3) is 0.156. The van der Waals surface area contributed by atoms with E-state index in [1.165, 1.54) is 44.4 Å². The monoisotopic (exact) mass is 473 g/mol. The molecule has 0 bridgehead atoms. The van der Waals surface area contributed by atoms with Crippen molar-refractivity contribution in [3.63, 3.8) is 0 Å². The molecule has 1 aliphatic rings. The first kappa shape index (κ1) is 21.8. The smallest absolute Gasteiger partial charge is 0.169 e. The Morgan fingerprint density at radius 1 is 0.714 bits per heavy atom. The van der Waals surface area contributed by atoms with Crippen LogP contribution in [0.1, 0.15) is 42.9 Å². The summed E-state index contributed by atoms with van der Waals surface area (Å²) in [5.41, 5.74) is 8.63. The van der Waals surface area contributed by atoms with E-state index in [0.717, 1.165) is 15.4 Å². The second-order valence-electron chi connectivity index (χ2n) is 10.2. The van der Waals surface area contributed by atoms with Crippen molar-refractivity contribution in [2.75, 3.05) is 4.90 Å². The second-order valence-corrected chi connectivity index (χ2v) is 11.3. The zero-order valence-corrected chi connectivity index (χ0v) is 21.2. The summed E-state index contributed by atoms with van der Waals surface area (Å²) in [6.07, 6.45) is 0. The fourth-order valence-corrected chi connectivity index (χ4v) is 6.04. The molecule has 2 heterocycles. The molecule has 3 heteroatoms. The summed E-state index contributed by atoms with van der Waals surface area (Å²) >= 11 is 1.57. The zero-order chi connectivity index (χ0) is 24.3. The maximum Gasteiger partial charge on any atom is 0.169 e. The summed E-state index contributed by atoms with van der Waals surface area (Å²) in [5.74, 6) is 0.114. The molecule has 0 radical (unpaired) electrons. The average Bonchev–Trinajstić information content (AvgIpc) is 3.35. The van der Waals surface area contributed by atoms with Crippen LogP contribution in [0, 0.1) is 0 Å². The van der Waals surface area contributed by atoms with Gasteiger partial charge in [-0.1, -0.05) is 75.4 Å². The van der Waals surface area contributed by atoms with Gasteiger partial charge in [-0.2, -0.15) is 0 Å². The van der Waals surface area contributed by atoms with Crippen LogP contribution in [0.2, 0.25) is 0 Å². The lowest BCUT2D eigenvalue weighted by Crippen LogP contribution is -2.16. The Labute approximate surface area is 210 Å². The Bertz CT molecular complexity index is 1600. The molecule has 35 heavy (non-hydrogen) atoms.